The highest BCUT2D eigenvalue weighted by Gasteiger charge is 2.43. The van der Waals surface area contributed by atoms with E-state index in [1.54, 1.807) is 7.11 Å². The summed E-state index contributed by atoms with van der Waals surface area (Å²) < 4.78 is 44.2. The Bertz CT molecular complexity index is 464. The Morgan fingerprint density at radius 1 is 1.38 bits per heavy atom. The van der Waals surface area contributed by atoms with E-state index in [4.69, 9.17) is 10.5 Å². The quantitative estimate of drug-likeness (QED) is 0.929. The molecule has 21 heavy (non-hydrogen) atoms. The fraction of sp³-hybridized carbons (Fsp3) is 0.600. The molecular weight excluding hydrogens is 281 g/mol. The van der Waals surface area contributed by atoms with Crippen LogP contribution in [-0.4, -0.2) is 37.8 Å². The molecule has 0 aliphatic carbocycles. The molecule has 1 aliphatic heterocycles. The van der Waals surface area contributed by atoms with Crippen molar-refractivity contribution in [3.63, 3.8) is 0 Å². The van der Waals surface area contributed by atoms with Gasteiger partial charge >= 0.3 is 6.18 Å². The molecule has 1 aliphatic rings. The number of nitrogens with two attached hydrogens (primary N) is 1. The van der Waals surface area contributed by atoms with Gasteiger partial charge in [-0.3, -0.25) is 4.90 Å². The second kappa shape index (κ2) is 6.66. The Kier molecular flexibility index (Phi) is 5.11. The molecule has 0 amide bonds. The maximum Gasteiger partial charge on any atom is 0.393 e. The summed E-state index contributed by atoms with van der Waals surface area (Å²) in [5.74, 6) is -0.600. The van der Waals surface area contributed by atoms with E-state index in [9.17, 15) is 13.2 Å². The van der Waals surface area contributed by atoms with Crippen molar-refractivity contribution in [2.45, 2.75) is 25.1 Å². The van der Waals surface area contributed by atoms with Crippen molar-refractivity contribution in [3.8, 4) is 5.75 Å². The molecule has 0 radical (unpaired) electrons. The van der Waals surface area contributed by atoms with E-state index in [1.807, 2.05) is 29.2 Å². The Hall–Kier alpha value is -1.27. The Balaban J connectivity index is 2.21. The van der Waals surface area contributed by atoms with Crippen LogP contribution in [0.4, 0.5) is 13.2 Å². The number of hydrogen-bond donors (Lipinski definition) is 1. The van der Waals surface area contributed by atoms with E-state index in [0.717, 1.165) is 5.56 Å². The van der Waals surface area contributed by atoms with Crippen LogP contribution in [0.2, 0.25) is 0 Å². The monoisotopic (exact) mass is 302 g/mol. The van der Waals surface area contributed by atoms with Crippen LogP contribution < -0.4 is 10.5 Å². The average Bonchev–Trinajstić information content (AvgIpc) is 2.48. The predicted octanol–water partition coefficient (Wildman–Crippen LogP) is 2.97. The molecule has 2 atom stereocenters. The van der Waals surface area contributed by atoms with Gasteiger partial charge < -0.3 is 10.5 Å². The maximum atomic E-state index is 12.9. The molecule has 2 N–H and O–H groups in total. The van der Waals surface area contributed by atoms with Crippen molar-refractivity contribution in [1.82, 2.24) is 4.90 Å². The van der Waals surface area contributed by atoms with Crippen LogP contribution >= 0.6 is 0 Å². The minimum Gasteiger partial charge on any atom is -0.496 e. The lowest BCUT2D eigenvalue weighted by Crippen LogP contribution is -2.45. The third-order valence-electron chi connectivity index (χ3n) is 4.08. The van der Waals surface area contributed by atoms with Gasteiger partial charge in [0.05, 0.1) is 19.1 Å². The van der Waals surface area contributed by atoms with Crippen LogP contribution in [0, 0.1) is 5.92 Å². The smallest absolute Gasteiger partial charge is 0.393 e. The third-order valence-corrected chi connectivity index (χ3v) is 4.08. The molecule has 0 aromatic heterocycles. The molecule has 3 nitrogen and oxygen atoms in total. The number of para-hydroxylation sites is 1. The molecule has 1 saturated heterocycles. The number of alkyl halides is 3. The molecule has 1 aromatic carbocycles. The van der Waals surface area contributed by atoms with Gasteiger partial charge in [-0.25, -0.2) is 0 Å². The van der Waals surface area contributed by atoms with E-state index < -0.39 is 12.1 Å². The van der Waals surface area contributed by atoms with Crippen LogP contribution in [0.25, 0.3) is 0 Å². The van der Waals surface area contributed by atoms with Gasteiger partial charge in [0.2, 0.25) is 0 Å². The highest BCUT2D eigenvalue weighted by molar-refractivity contribution is 5.36. The van der Waals surface area contributed by atoms with Crippen molar-refractivity contribution in [1.29, 1.82) is 0 Å². The van der Waals surface area contributed by atoms with E-state index >= 15 is 0 Å². The Morgan fingerprint density at radius 2 is 2.10 bits per heavy atom. The number of ether oxygens (including phenoxy) is 1. The summed E-state index contributed by atoms with van der Waals surface area (Å²) in [5, 5.41) is 0. The molecule has 0 spiro atoms. The van der Waals surface area contributed by atoms with E-state index in [2.05, 4.69) is 0 Å². The van der Waals surface area contributed by atoms with Crippen molar-refractivity contribution >= 4 is 0 Å². The van der Waals surface area contributed by atoms with Crippen molar-refractivity contribution < 1.29 is 17.9 Å². The number of benzene rings is 1. The highest BCUT2D eigenvalue weighted by Crippen LogP contribution is 2.37. The minimum absolute atomic E-state index is 0.00339. The zero-order chi connectivity index (χ0) is 15.5. The van der Waals surface area contributed by atoms with E-state index in [-0.39, 0.29) is 25.6 Å². The van der Waals surface area contributed by atoms with Crippen LogP contribution in [0.3, 0.4) is 0 Å². The number of piperidine rings is 1. The summed E-state index contributed by atoms with van der Waals surface area (Å²) in [5.41, 5.74) is 6.69. The summed E-state index contributed by atoms with van der Waals surface area (Å²) in [6.45, 7) is 0.904. The highest BCUT2D eigenvalue weighted by atomic mass is 19.4. The van der Waals surface area contributed by atoms with Crippen molar-refractivity contribution in [2.24, 2.45) is 11.7 Å². The summed E-state index contributed by atoms with van der Waals surface area (Å²) >= 11 is 0. The predicted molar refractivity (Wildman–Crippen MR) is 75.1 cm³/mol. The lowest BCUT2D eigenvalue weighted by Gasteiger charge is -2.39. The molecule has 1 aromatic rings. The first-order valence-electron chi connectivity index (χ1n) is 7.11. The molecule has 1 heterocycles. The fourth-order valence-corrected chi connectivity index (χ4v) is 2.97. The SMILES string of the molecule is COc1ccccc1C(CN)N1CCCC(C(F)(F)F)C1. The zero-order valence-electron chi connectivity index (χ0n) is 12.1. The van der Waals surface area contributed by atoms with Crippen molar-refractivity contribution in [2.75, 3.05) is 26.7 Å². The molecule has 1 fully saturated rings. The first-order chi connectivity index (χ1) is 9.97. The first-order valence-corrected chi connectivity index (χ1v) is 7.11. The summed E-state index contributed by atoms with van der Waals surface area (Å²) in [7, 11) is 1.56. The number of likely N-dealkylation sites (tertiary alicyclic amines) is 1. The topological polar surface area (TPSA) is 38.5 Å². The number of hydrogen-bond acceptors (Lipinski definition) is 3. The largest absolute Gasteiger partial charge is 0.496 e. The molecular formula is C15H21F3N2O. The van der Waals surface area contributed by atoms with Gasteiger partial charge in [0, 0.05) is 18.7 Å². The van der Waals surface area contributed by atoms with Crippen LogP contribution in [-0.2, 0) is 0 Å². The molecule has 0 bridgehead atoms. The zero-order valence-corrected chi connectivity index (χ0v) is 12.1. The van der Waals surface area contributed by atoms with Crippen LogP contribution in [0.1, 0.15) is 24.4 Å². The van der Waals surface area contributed by atoms with Gasteiger partial charge in [-0.1, -0.05) is 18.2 Å². The number of methoxy groups -OCH3 is 1. The van der Waals surface area contributed by atoms with Crippen molar-refractivity contribution in [3.05, 3.63) is 29.8 Å². The van der Waals surface area contributed by atoms with Gasteiger partial charge in [0.25, 0.3) is 0 Å². The second-order valence-electron chi connectivity index (χ2n) is 5.37. The van der Waals surface area contributed by atoms with Gasteiger partial charge in [-0.15, -0.1) is 0 Å². The number of nitrogens with zero attached hydrogens (tertiary/aromatic N) is 1. The fourth-order valence-electron chi connectivity index (χ4n) is 2.97. The summed E-state index contributed by atoms with van der Waals surface area (Å²) in [6, 6.07) is 7.12. The first kappa shape index (κ1) is 16.1. The number of rotatable bonds is 4. The van der Waals surface area contributed by atoms with Gasteiger partial charge in [0.15, 0.2) is 0 Å². The molecule has 2 rings (SSSR count). The Morgan fingerprint density at radius 3 is 2.71 bits per heavy atom. The summed E-state index contributed by atoms with van der Waals surface area (Å²) in [4.78, 5) is 1.83. The maximum absolute atomic E-state index is 12.9. The Labute approximate surface area is 122 Å². The third kappa shape index (κ3) is 3.68. The van der Waals surface area contributed by atoms with Crippen LogP contribution in [0.5, 0.6) is 5.75 Å². The normalized spacial score (nSPS) is 22.0. The van der Waals surface area contributed by atoms with Gasteiger partial charge in [-0.2, -0.15) is 13.2 Å². The summed E-state index contributed by atoms with van der Waals surface area (Å²) in [6.07, 6.45) is -3.41. The molecule has 6 heteroatoms. The van der Waals surface area contributed by atoms with E-state index in [0.29, 0.717) is 18.7 Å². The van der Waals surface area contributed by atoms with Gasteiger partial charge in [-0.05, 0) is 25.5 Å². The molecule has 2 unspecified atom stereocenters. The standard InChI is InChI=1S/C15H21F3N2O/c1-21-14-7-3-2-6-12(14)13(9-19)20-8-4-5-11(10-20)15(16,17)18/h2-3,6-7,11,13H,4-5,8-10,19H2,1H3. The lowest BCUT2D eigenvalue weighted by atomic mass is 9.94. The van der Waals surface area contributed by atoms with Gasteiger partial charge in [0.1, 0.15) is 5.75 Å². The molecule has 118 valence electrons. The van der Waals surface area contributed by atoms with E-state index in [1.165, 1.54) is 0 Å². The number of halogens is 3. The average molecular weight is 302 g/mol. The second-order valence-corrected chi connectivity index (χ2v) is 5.37. The van der Waals surface area contributed by atoms with Crippen LogP contribution in [0.15, 0.2) is 24.3 Å². The molecule has 0 saturated carbocycles. The minimum atomic E-state index is -4.14. The lowest BCUT2D eigenvalue weighted by molar-refractivity contribution is -0.188.